The fourth-order valence-electron chi connectivity index (χ4n) is 3.93. The number of ketones is 1. The van der Waals surface area contributed by atoms with E-state index < -0.39 is 18.4 Å². The number of Topliss-reactive ketones (excluding diaryl/α,β-unsaturated/α-hetero) is 1. The van der Waals surface area contributed by atoms with Gasteiger partial charge in [0.1, 0.15) is 0 Å². The van der Waals surface area contributed by atoms with Crippen molar-refractivity contribution in [2.24, 2.45) is 0 Å². The summed E-state index contributed by atoms with van der Waals surface area (Å²) < 4.78 is 10.7. The van der Waals surface area contributed by atoms with Gasteiger partial charge in [-0.2, -0.15) is 0 Å². The van der Waals surface area contributed by atoms with Crippen LogP contribution in [0.25, 0.3) is 0 Å². The predicted octanol–water partition coefficient (Wildman–Crippen LogP) is 6.03. The third-order valence-electron chi connectivity index (χ3n) is 5.50. The molecule has 1 aromatic carbocycles. The van der Waals surface area contributed by atoms with Gasteiger partial charge in [0.2, 0.25) is 0 Å². The number of carbonyl (C=O) groups is 1. The number of hydrogen-bond acceptors (Lipinski definition) is 2. The molecule has 134 valence electrons. The van der Waals surface area contributed by atoms with E-state index in [9.17, 15) is 4.79 Å². The summed E-state index contributed by atoms with van der Waals surface area (Å²) in [4.78, 5) is 12.8. The van der Waals surface area contributed by atoms with Crippen molar-refractivity contribution >= 4 is 24.2 Å². The van der Waals surface area contributed by atoms with E-state index in [0.717, 1.165) is 5.56 Å². The van der Waals surface area contributed by atoms with Gasteiger partial charge in [0.25, 0.3) is 0 Å². The SMILES string of the molecule is CCC[CH2][Sn]([CH2]CCC)([CH2]CCC)[C@@H]1O[C@H]1C(=O)c1ccccc1. The van der Waals surface area contributed by atoms with Gasteiger partial charge in [-0.05, 0) is 0 Å². The first-order chi connectivity index (χ1) is 11.7. The van der Waals surface area contributed by atoms with Crippen LogP contribution in [0.2, 0.25) is 13.3 Å². The van der Waals surface area contributed by atoms with Crippen LogP contribution in [0.4, 0.5) is 0 Å². The molecule has 0 aromatic heterocycles. The molecule has 2 rings (SSSR count). The van der Waals surface area contributed by atoms with Crippen LogP contribution in [0, 0.1) is 0 Å². The maximum absolute atomic E-state index is 12.8. The topological polar surface area (TPSA) is 29.6 Å². The molecule has 2 atom stereocenters. The predicted molar refractivity (Wildman–Crippen MR) is 104 cm³/mol. The first-order valence-electron chi connectivity index (χ1n) is 9.93. The second-order valence-corrected chi connectivity index (χ2v) is 21.1. The molecule has 0 N–H and O–H groups in total. The standard InChI is InChI=1S/C9H7O2.3C4H9.Sn/c10-9(8-6-11-8)7-4-2-1-3-5-7;3*1-3-4-2;/h1-6,8H;3*1,3-4H2,2H3;/t8-;;;;/m1..../s1. The summed E-state index contributed by atoms with van der Waals surface area (Å²) in [7, 11) is 0. The molecule has 1 saturated heterocycles. The van der Waals surface area contributed by atoms with Crippen molar-refractivity contribution in [3.8, 4) is 0 Å². The molecule has 0 saturated carbocycles. The van der Waals surface area contributed by atoms with E-state index in [2.05, 4.69) is 20.8 Å². The third-order valence-corrected chi connectivity index (χ3v) is 21.7. The molecule has 3 heteroatoms. The second kappa shape index (κ2) is 9.96. The van der Waals surface area contributed by atoms with Crippen LogP contribution in [-0.4, -0.2) is 34.4 Å². The van der Waals surface area contributed by atoms with Gasteiger partial charge in [0.15, 0.2) is 0 Å². The van der Waals surface area contributed by atoms with E-state index in [-0.39, 0.29) is 11.9 Å². The number of hydrogen-bond donors (Lipinski definition) is 0. The molecular weight excluding hydrogens is 403 g/mol. The molecule has 1 heterocycles. The van der Waals surface area contributed by atoms with Crippen LogP contribution in [-0.2, 0) is 4.74 Å². The molecule has 0 bridgehead atoms. The van der Waals surface area contributed by atoms with Gasteiger partial charge >= 0.3 is 152 Å². The molecular formula is C21H34O2Sn. The molecule has 1 fully saturated rings. The Balaban J connectivity index is 2.12. The fourth-order valence-corrected chi connectivity index (χ4v) is 21.1. The minimum atomic E-state index is -2.41. The van der Waals surface area contributed by atoms with Gasteiger partial charge in [-0.3, -0.25) is 0 Å². The van der Waals surface area contributed by atoms with Gasteiger partial charge in [-0.25, -0.2) is 0 Å². The van der Waals surface area contributed by atoms with Crippen molar-refractivity contribution in [2.75, 3.05) is 0 Å². The zero-order chi connectivity index (χ0) is 17.4. The molecule has 0 unspecified atom stereocenters. The van der Waals surface area contributed by atoms with Crippen molar-refractivity contribution in [1.82, 2.24) is 0 Å². The van der Waals surface area contributed by atoms with Crippen LogP contribution in [0.1, 0.15) is 69.7 Å². The number of benzene rings is 1. The Labute approximate surface area is 152 Å². The first kappa shape index (κ1) is 20.0. The summed E-state index contributed by atoms with van der Waals surface area (Å²) in [5, 5.41) is 0. The number of epoxide rings is 1. The molecule has 1 aliphatic heterocycles. The Hall–Kier alpha value is -0.351. The summed E-state index contributed by atoms with van der Waals surface area (Å²) in [6.07, 6.45) is 7.66. The number of unbranched alkanes of at least 4 members (excludes halogenated alkanes) is 3. The summed E-state index contributed by atoms with van der Waals surface area (Å²) >= 11 is -2.41. The van der Waals surface area contributed by atoms with Gasteiger partial charge < -0.3 is 0 Å². The van der Waals surface area contributed by atoms with Crippen LogP contribution in [0.3, 0.4) is 0 Å². The van der Waals surface area contributed by atoms with Gasteiger partial charge in [0.05, 0.1) is 0 Å². The van der Waals surface area contributed by atoms with E-state index in [1.807, 2.05) is 30.3 Å². The van der Waals surface area contributed by atoms with Crippen molar-refractivity contribution in [2.45, 2.75) is 82.8 Å². The zero-order valence-corrected chi connectivity index (χ0v) is 18.6. The summed E-state index contributed by atoms with van der Waals surface area (Å²) in [6, 6.07) is 9.74. The Morgan fingerprint density at radius 1 is 0.917 bits per heavy atom. The average Bonchev–Trinajstić information content (AvgIpc) is 3.43. The molecule has 0 aliphatic carbocycles. The summed E-state index contributed by atoms with van der Waals surface area (Å²) in [5.74, 6) is 0.228. The quantitative estimate of drug-likeness (QED) is 0.227. The zero-order valence-electron chi connectivity index (χ0n) is 15.7. The Morgan fingerprint density at radius 2 is 1.42 bits per heavy atom. The van der Waals surface area contributed by atoms with Gasteiger partial charge in [-0.15, -0.1) is 0 Å². The average molecular weight is 437 g/mol. The van der Waals surface area contributed by atoms with E-state index in [0.29, 0.717) is 4.12 Å². The van der Waals surface area contributed by atoms with Crippen molar-refractivity contribution < 1.29 is 9.53 Å². The van der Waals surface area contributed by atoms with Crippen LogP contribution < -0.4 is 0 Å². The van der Waals surface area contributed by atoms with Crippen molar-refractivity contribution in [1.29, 1.82) is 0 Å². The summed E-state index contributed by atoms with van der Waals surface area (Å²) in [5.41, 5.74) is 0.826. The number of rotatable bonds is 12. The summed E-state index contributed by atoms with van der Waals surface area (Å²) in [6.45, 7) is 6.86. The molecule has 0 radical (unpaired) electrons. The molecule has 2 nitrogen and oxygen atoms in total. The van der Waals surface area contributed by atoms with E-state index in [1.165, 1.54) is 51.8 Å². The van der Waals surface area contributed by atoms with Crippen molar-refractivity contribution in [3.63, 3.8) is 0 Å². The molecule has 24 heavy (non-hydrogen) atoms. The maximum atomic E-state index is 12.8. The third kappa shape index (κ3) is 5.07. The normalized spacial score (nSPS) is 20.1. The van der Waals surface area contributed by atoms with E-state index >= 15 is 0 Å². The van der Waals surface area contributed by atoms with Crippen LogP contribution >= 0.6 is 0 Å². The first-order valence-corrected chi connectivity index (χ1v) is 17.6. The molecule has 0 spiro atoms. The molecule has 0 amide bonds. The second-order valence-electron chi connectivity index (χ2n) is 7.38. The Morgan fingerprint density at radius 3 is 1.88 bits per heavy atom. The Bertz CT molecular complexity index is 478. The van der Waals surface area contributed by atoms with E-state index in [4.69, 9.17) is 4.74 Å². The minimum absolute atomic E-state index is 0.117. The number of carbonyl (C=O) groups excluding carboxylic acids is 1. The van der Waals surface area contributed by atoms with Crippen LogP contribution in [0.15, 0.2) is 30.3 Å². The van der Waals surface area contributed by atoms with Gasteiger partial charge in [0, 0.05) is 0 Å². The van der Waals surface area contributed by atoms with E-state index in [1.54, 1.807) is 0 Å². The van der Waals surface area contributed by atoms with Crippen LogP contribution in [0.5, 0.6) is 0 Å². The molecule has 1 aromatic rings. The van der Waals surface area contributed by atoms with Gasteiger partial charge in [-0.1, -0.05) is 0 Å². The Kier molecular flexibility index (Phi) is 8.28. The number of ether oxygens (including phenoxy) is 1. The van der Waals surface area contributed by atoms with Crippen molar-refractivity contribution in [3.05, 3.63) is 35.9 Å². The molecule has 1 aliphatic rings. The monoisotopic (exact) mass is 438 g/mol. The fraction of sp³-hybridized carbons (Fsp3) is 0.667.